The summed E-state index contributed by atoms with van der Waals surface area (Å²) < 4.78 is 12.3. The third kappa shape index (κ3) is 7.25. The van der Waals surface area contributed by atoms with Crippen LogP contribution in [0.3, 0.4) is 0 Å². The Morgan fingerprint density at radius 1 is 1.00 bits per heavy atom. The van der Waals surface area contributed by atoms with Crippen molar-refractivity contribution in [1.82, 2.24) is 10.2 Å². The molecule has 2 aliphatic heterocycles. The van der Waals surface area contributed by atoms with Crippen molar-refractivity contribution >= 4 is 46.7 Å². The van der Waals surface area contributed by atoms with E-state index in [-0.39, 0.29) is 17.9 Å². The summed E-state index contributed by atoms with van der Waals surface area (Å²) in [6.45, 7) is 4.27. The molecule has 11 heteroatoms. The predicted molar refractivity (Wildman–Crippen MR) is 188 cm³/mol. The molecule has 4 aromatic rings. The summed E-state index contributed by atoms with van der Waals surface area (Å²) in [5.74, 6) is -0.480. The maximum Gasteiger partial charge on any atom is 0.325 e. The molecule has 0 spiro atoms. The van der Waals surface area contributed by atoms with Gasteiger partial charge >= 0.3 is 5.97 Å². The molecule has 0 saturated carbocycles. The summed E-state index contributed by atoms with van der Waals surface area (Å²) in [7, 11) is 1.72. The first-order valence-electron chi connectivity index (χ1n) is 16.1. The quantitative estimate of drug-likeness (QED) is 0.181. The SMILES string of the molecule is CC[C@@H](c1ccccc1)N1Cc2cc3c(cc2C[C@H]1C(=O)NC(C)C(=O)O)N(C)C(=O)[C@@H](c1ccc(OCc2ccc(Cl)c(Cl)c2)cc1)O3. The van der Waals surface area contributed by atoms with Gasteiger partial charge in [0.25, 0.3) is 5.91 Å². The number of carboxylic acid groups (broad SMARTS) is 1. The minimum atomic E-state index is -1.10. The van der Waals surface area contributed by atoms with Crippen molar-refractivity contribution in [1.29, 1.82) is 0 Å². The van der Waals surface area contributed by atoms with Gasteiger partial charge in [-0.3, -0.25) is 19.3 Å². The first-order valence-corrected chi connectivity index (χ1v) is 16.9. The van der Waals surface area contributed by atoms with E-state index in [1.54, 1.807) is 36.2 Å². The summed E-state index contributed by atoms with van der Waals surface area (Å²) in [5, 5.41) is 13.1. The van der Waals surface area contributed by atoms with Crippen molar-refractivity contribution in [2.45, 2.75) is 64.1 Å². The third-order valence-corrected chi connectivity index (χ3v) is 9.92. The lowest BCUT2D eigenvalue weighted by atomic mass is 9.88. The summed E-state index contributed by atoms with van der Waals surface area (Å²) in [6, 6.07) is 24.7. The van der Waals surface area contributed by atoms with Gasteiger partial charge in [0.05, 0.1) is 21.8 Å². The zero-order valence-corrected chi connectivity index (χ0v) is 28.9. The number of halogens is 2. The van der Waals surface area contributed by atoms with Crippen molar-refractivity contribution in [2.24, 2.45) is 0 Å². The molecule has 4 aromatic carbocycles. The number of aliphatic carboxylic acids is 1. The highest BCUT2D eigenvalue weighted by molar-refractivity contribution is 6.42. The molecule has 0 radical (unpaired) electrons. The average molecular weight is 703 g/mol. The molecule has 0 saturated heterocycles. The van der Waals surface area contributed by atoms with Crippen molar-refractivity contribution in [3.05, 3.63) is 123 Å². The topological polar surface area (TPSA) is 108 Å². The van der Waals surface area contributed by atoms with Gasteiger partial charge in [-0.2, -0.15) is 0 Å². The summed E-state index contributed by atoms with van der Waals surface area (Å²) in [6.07, 6.45) is 0.230. The molecule has 0 fully saturated rings. The molecule has 254 valence electrons. The molecule has 2 heterocycles. The van der Waals surface area contributed by atoms with Crippen LogP contribution in [0.4, 0.5) is 5.69 Å². The van der Waals surface area contributed by atoms with E-state index in [0.717, 1.165) is 28.7 Å². The zero-order chi connectivity index (χ0) is 34.8. The van der Waals surface area contributed by atoms with Gasteiger partial charge < -0.3 is 24.8 Å². The largest absolute Gasteiger partial charge is 0.489 e. The Morgan fingerprint density at radius 3 is 2.41 bits per heavy atom. The first-order chi connectivity index (χ1) is 23.5. The predicted octanol–water partition coefficient (Wildman–Crippen LogP) is 7.14. The van der Waals surface area contributed by atoms with E-state index < -0.39 is 24.2 Å². The second kappa shape index (κ2) is 14.5. The van der Waals surface area contributed by atoms with Crippen molar-refractivity contribution < 1.29 is 29.0 Å². The van der Waals surface area contributed by atoms with Gasteiger partial charge in [-0.05, 0) is 78.4 Å². The van der Waals surface area contributed by atoms with Crippen LogP contribution in [0.2, 0.25) is 10.0 Å². The van der Waals surface area contributed by atoms with Crippen LogP contribution >= 0.6 is 23.2 Å². The van der Waals surface area contributed by atoms with Crippen LogP contribution in [0, 0.1) is 0 Å². The van der Waals surface area contributed by atoms with E-state index in [0.29, 0.717) is 52.4 Å². The number of ether oxygens (including phenoxy) is 2. The monoisotopic (exact) mass is 701 g/mol. The van der Waals surface area contributed by atoms with E-state index in [1.165, 1.54) is 6.92 Å². The number of carbonyl (C=O) groups is 3. The van der Waals surface area contributed by atoms with Crippen LogP contribution in [0.25, 0.3) is 0 Å². The van der Waals surface area contributed by atoms with Crippen molar-refractivity contribution in [3.63, 3.8) is 0 Å². The standard InChI is InChI=1S/C38H37Cl2N3O6/c1-4-31(24-8-6-5-7-9-24)43-20-27-19-34-32(17-26(27)18-33(43)36(44)41-22(2)38(46)47)42(3)37(45)35(49-34)25-11-13-28(14-12-25)48-21-23-10-15-29(39)30(40)16-23/h5-17,19,22,31,33,35H,4,18,20-21H2,1-3H3,(H,41,44)(H,46,47)/t22?,31-,33-,35+/m0/s1. The van der Waals surface area contributed by atoms with E-state index in [9.17, 15) is 19.5 Å². The molecular weight excluding hydrogens is 665 g/mol. The number of carboxylic acids is 1. The normalized spacial score (nSPS) is 18.5. The van der Waals surface area contributed by atoms with Gasteiger partial charge in [-0.25, -0.2) is 0 Å². The Kier molecular flexibility index (Phi) is 10.2. The Bertz CT molecular complexity index is 1870. The molecule has 2 amide bonds. The number of nitrogens with one attached hydrogen (secondary N) is 1. The van der Waals surface area contributed by atoms with E-state index in [4.69, 9.17) is 32.7 Å². The lowest BCUT2D eigenvalue weighted by Gasteiger charge is -2.42. The number of hydrogen-bond acceptors (Lipinski definition) is 6. The molecule has 0 aliphatic carbocycles. The minimum Gasteiger partial charge on any atom is -0.489 e. The number of rotatable bonds is 10. The number of fused-ring (bicyclic) bond motifs is 2. The maximum atomic E-state index is 13.6. The molecule has 0 bridgehead atoms. The minimum absolute atomic E-state index is 0.0865. The summed E-state index contributed by atoms with van der Waals surface area (Å²) >= 11 is 12.1. The molecule has 2 N–H and O–H groups in total. The average Bonchev–Trinajstić information content (AvgIpc) is 3.10. The fourth-order valence-corrected chi connectivity index (χ4v) is 6.80. The Morgan fingerprint density at radius 2 is 1.73 bits per heavy atom. The van der Waals surface area contributed by atoms with E-state index in [2.05, 4.69) is 17.1 Å². The highest BCUT2D eigenvalue weighted by Gasteiger charge is 2.40. The van der Waals surface area contributed by atoms with Crippen LogP contribution < -0.4 is 19.7 Å². The number of anilines is 1. The second-order valence-electron chi connectivity index (χ2n) is 12.4. The fraction of sp³-hybridized carbons (Fsp3) is 0.289. The van der Waals surface area contributed by atoms with Gasteiger partial charge in [-0.1, -0.05) is 78.7 Å². The van der Waals surface area contributed by atoms with Crippen LogP contribution in [0.15, 0.2) is 84.9 Å². The van der Waals surface area contributed by atoms with Crippen LogP contribution in [0.5, 0.6) is 11.5 Å². The highest BCUT2D eigenvalue weighted by Crippen LogP contribution is 2.43. The first kappa shape index (κ1) is 34.3. The molecule has 0 aromatic heterocycles. The molecule has 1 unspecified atom stereocenters. The number of amides is 2. The Labute approximate surface area is 295 Å². The third-order valence-electron chi connectivity index (χ3n) is 9.18. The zero-order valence-electron chi connectivity index (χ0n) is 27.4. The molecule has 2 aliphatic rings. The number of nitrogens with zero attached hydrogens (tertiary/aromatic N) is 2. The van der Waals surface area contributed by atoms with Crippen LogP contribution in [-0.2, 0) is 34.0 Å². The Hall–Kier alpha value is -4.57. The van der Waals surface area contributed by atoms with Gasteiger partial charge in [0.2, 0.25) is 12.0 Å². The number of benzene rings is 4. The highest BCUT2D eigenvalue weighted by atomic mass is 35.5. The summed E-state index contributed by atoms with van der Waals surface area (Å²) in [4.78, 5) is 42.6. The van der Waals surface area contributed by atoms with Crippen LogP contribution in [-0.4, -0.2) is 46.9 Å². The molecule has 49 heavy (non-hydrogen) atoms. The molecule has 6 rings (SSSR count). The van der Waals surface area contributed by atoms with E-state index >= 15 is 0 Å². The van der Waals surface area contributed by atoms with Gasteiger partial charge in [-0.15, -0.1) is 0 Å². The fourth-order valence-electron chi connectivity index (χ4n) is 6.48. The summed E-state index contributed by atoms with van der Waals surface area (Å²) in [5.41, 5.74) is 5.13. The molecular formula is C38H37Cl2N3O6. The number of carbonyl (C=O) groups excluding carboxylic acids is 2. The smallest absolute Gasteiger partial charge is 0.325 e. The van der Waals surface area contributed by atoms with Gasteiger partial charge in [0.1, 0.15) is 24.1 Å². The van der Waals surface area contributed by atoms with E-state index in [1.807, 2.05) is 60.7 Å². The van der Waals surface area contributed by atoms with Crippen molar-refractivity contribution in [3.8, 4) is 11.5 Å². The van der Waals surface area contributed by atoms with Crippen LogP contribution in [0.1, 0.15) is 60.2 Å². The lowest BCUT2D eigenvalue weighted by Crippen LogP contribution is -2.54. The lowest BCUT2D eigenvalue weighted by molar-refractivity contribution is -0.142. The molecule has 4 atom stereocenters. The van der Waals surface area contributed by atoms with Gasteiger partial charge in [0.15, 0.2) is 0 Å². The number of hydrogen-bond donors (Lipinski definition) is 2. The number of likely N-dealkylation sites (N-methyl/N-ethyl adjacent to an activating group) is 1. The molecule has 9 nitrogen and oxygen atoms in total. The maximum absolute atomic E-state index is 13.6. The Balaban J connectivity index is 1.25. The van der Waals surface area contributed by atoms with Gasteiger partial charge in [0, 0.05) is 25.2 Å². The second-order valence-corrected chi connectivity index (χ2v) is 13.2. The van der Waals surface area contributed by atoms with Crippen molar-refractivity contribution in [2.75, 3.05) is 11.9 Å².